The molecule has 1 aromatic carbocycles. The summed E-state index contributed by atoms with van der Waals surface area (Å²) in [5.41, 5.74) is 5.96. The van der Waals surface area contributed by atoms with Crippen LogP contribution >= 0.6 is 15.9 Å². The van der Waals surface area contributed by atoms with Crippen LogP contribution in [-0.4, -0.2) is 36.6 Å². The van der Waals surface area contributed by atoms with Crippen molar-refractivity contribution in [2.45, 2.75) is 25.5 Å². The number of sulfone groups is 1. The van der Waals surface area contributed by atoms with Gasteiger partial charge >= 0.3 is 0 Å². The number of hydrogen-bond donors (Lipinski definition) is 2. The van der Waals surface area contributed by atoms with E-state index in [4.69, 9.17) is 15.7 Å². The Kier molecular flexibility index (Phi) is 5.63. The van der Waals surface area contributed by atoms with Gasteiger partial charge in [-0.2, -0.15) is 0 Å². The molecule has 0 aliphatic heterocycles. The Hall–Kier alpha value is -1.28. The topological polar surface area (TPSA) is 102 Å². The van der Waals surface area contributed by atoms with E-state index in [1.54, 1.807) is 39.0 Å². The average molecular weight is 379 g/mol. The van der Waals surface area contributed by atoms with Gasteiger partial charge in [0.2, 0.25) is 0 Å². The first-order valence-electron chi connectivity index (χ1n) is 6.21. The number of halogens is 1. The zero-order chi connectivity index (χ0) is 16.3. The van der Waals surface area contributed by atoms with E-state index in [2.05, 4.69) is 21.1 Å². The average Bonchev–Trinajstić information content (AvgIpc) is 2.38. The van der Waals surface area contributed by atoms with Crippen LogP contribution in [-0.2, 0) is 9.84 Å². The third-order valence-corrected chi connectivity index (χ3v) is 5.93. The second kappa shape index (κ2) is 6.65. The van der Waals surface area contributed by atoms with Crippen LogP contribution < -0.4 is 10.5 Å². The molecule has 0 spiro atoms. The molecule has 0 atom stereocenters. The molecule has 0 radical (unpaired) electrons. The number of nitrogens with zero attached hydrogens (tertiary/aromatic N) is 1. The second-order valence-electron chi connectivity index (χ2n) is 5.41. The molecule has 1 aromatic rings. The molecule has 6 nitrogen and oxygen atoms in total. The standard InChI is InChI=1S/C13H19BrN2O4S/c1-13(2,3)21(18,19)7-6-20-11-5-4-9(14)8-10(11)12(15)16-17/h4-5,8,17H,6-7H2,1-3H3,(H2,15,16). The smallest absolute Gasteiger partial charge is 0.173 e. The summed E-state index contributed by atoms with van der Waals surface area (Å²) < 4.78 is 29.4. The molecule has 0 fully saturated rings. The van der Waals surface area contributed by atoms with Crippen LogP contribution in [0.2, 0.25) is 0 Å². The Morgan fingerprint density at radius 3 is 2.57 bits per heavy atom. The van der Waals surface area contributed by atoms with Crippen LogP contribution in [0.1, 0.15) is 26.3 Å². The zero-order valence-corrected chi connectivity index (χ0v) is 14.5. The normalized spacial score (nSPS) is 13.2. The predicted molar refractivity (Wildman–Crippen MR) is 85.7 cm³/mol. The molecule has 21 heavy (non-hydrogen) atoms. The summed E-state index contributed by atoms with van der Waals surface area (Å²) in [7, 11) is -3.26. The number of nitrogens with two attached hydrogens (primary N) is 1. The summed E-state index contributed by atoms with van der Waals surface area (Å²) in [6, 6.07) is 4.98. The maximum absolute atomic E-state index is 12.0. The minimum absolute atomic E-state index is 0.00700. The molecule has 0 aromatic heterocycles. The highest BCUT2D eigenvalue weighted by molar-refractivity contribution is 9.10. The minimum Gasteiger partial charge on any atom is -0.492 e. The van der Waals surface area contributed by atoms with Gasteiger partial charge < -0.3 is 15.7 Å². The molecule has 3 N–H and O–H groups in total. The molecule has 0 saturated carbocycles. The maximum atomic E-state index is 12.0. The number of benzene rings is 1. The third-order valence-electron chi connectivity index (χ3n) is 2.87. The SMILES string of the molecule is CC(C)(C)S(=O)(=O)CCOc1ccc(Br)cc1/C(N)=N/O. The van der Waals surface area contributed by atoms with Crippen LogP contribution in [0, 0.1) is 0 Å². The molecule has 0 saturated heterocycles. The number of oxime groups is 1. The lowest BCUT2D eigenvalue weighted by Gasteiger charge is -2.19. The first-order chi connectivity index (χ1) is 9.58. The first kappa shape index (κ1) is 17.8. The molecule has 8 heteroatoms. The van der Waals surface area contributed by atoms with Gasteiger partial charge in [-0.3, -0.25) is 0 Å². The van der Waals surface area contributed by atoms with Crippen molar-refractivity contribution in [1.82, 2.24) is 0 Å². The summed E-state index contributed by atoms with van der Waals surface area (Å²) in [4.78, 5) is 0. The summed E-state index contributed by atoms with van der Waals surface area (Å²) >= 11 is 3.28. The van der Waals surface area contributed by atoms with Gasteiger partial charge in [0.05, 0.1) is 16.1 Å². The fraction of sp³-hybridized carbons (Fsp3) is 0.462. The number of hydrogen-bond acceptors (Lipinski definition) is 5. The molecular weight excluding hydrogens is 360 g/mol. The summed E-state index contributed by atoms with van der Waals surface area (Å²) in [5, 5.41) is 11.7. The summed E-state index contributed by atoms with van der Waals surface area (Å²) in [6.45, 7) is 4.92. The van der Waals surface area contributed by atoms with Gasteiger partial charge in [0.1, 0.15) is 12.4 Å². The van der Waals surface area contributed by atoms with E-state index < -0.39 is 14.6 Å². The van der Waals surface area contributed by atoms with Crippen molar-refractivity contribution in [3.05, 3.63) is 28.2 Å². The Morgan fingerprint density at radius 1 is 1.43 bits per heavy atom. The van der Waals surface area contributed by atoms with Crippen molar-refractivity contribution in [2.75, 3.05) is 12.4 Å². The van der Waals surface area contributed by atoms with E-state index in [1.165, 1.54) is 0 Å². The van der Waals surface area contributed by atoms with Crippen LogP contribution in [0.15, 0.2) is 27.8 Å². The minimum atomic E-state index is -3.26. The fourth-order valence-corrected chi connectivity index (χ4v) is 2.73. The Labute approximate surface area is 133 Å². The second-order valence-corrected chi connectivity index (χ2v) is 9.18. The maximum Gasteiger partial charge on any atom is 0.173 e. The lowest BCUT2D eigenvalue weighted by atomic mass is 10.2. The largest absolute Gasteiger partial charge is 0.492 e. The molecule has 0 aliphatic rings. The van der Waals surface area contributed by atoms with Gasteiger partial charge in [-0.25, -0.2) is 8.42 Å². The van der Waals surface area contributed by atoms with E-state index in [9.17, 15) is 8.42 Å². The Morgan fingerprint density at radius 2 is 2.05 bits per heavy atom. The van der Waals surface area contributed by atoms with Gasteiger partial charge in [0.25, 0.3) is 0 Å². The third kappa shape index (κ3) is 4.60. The molecule has 0 aliphatic carbocycles. The van der Waals surface area contributed by atoms with E-state index in [0.717, 1.165) is 4.47 Å². The molecule has 1 rings (SSSR count). The van der Waals surface area contributed by atoms with Gasteiger partial charge in [-0.15, -0.1) is 0 Å². The van der Waals surface area contributed by atoms with Gasteiger partial charge in [-0.05, 0) is 39.0 Å². The van der Waals surface area contributed by atoms with Crippen molar-refractivity contribution in [3.8, 4) is 5.75 Å². The number of amidine groups is 1. The lowest BCUT2D eigenvalue weighted by molar-refractivity contribution is 0.317. The fourth-order valence-electron chi connectivity index (χ4n) is 1.45. The highest BCUT2D eigenvalue weighted by Crippen LogP contribution is 2.23. The molecule has 118 valence electrons. The van der Waals surface area contributed by atoms with E-state index >= 15 is 0 Å². The van der Waals surface area contributed by atoms with E-state index in [1.807, 2.05) is 0 Å². The molecular formula is C13H19BrN2O4S. The van der Waals surface area contributed by atoms with Crippen LogP contribution in [0.25, 0.3) is 0 Å². The van der Waals surface area contributed by atoms with Crippen LogP contribution in [0.5, 0.6) is 5.75 Å². The van der Waals surface area contributed by atoms with Gasteiger partial charge in [-0.1, -0.05) is 21.1 Å². The number of rotatable bonds is 5. The van der Waals surface area contributed by atoms with Gasteiger partial charge in [0.15, 0.2) is 15.7 Å². The van der Waals surface area contributed by atoms with Crippen molar-refractivity contribution in [2.24, 2.45) is 10.9 Å². The monoisotopic (exact) mass is 378 g/mol. The lowest BCUT2D eigenvalue weighted by Crippen LogP contribution is -2.32. The number of ether oxygens (including phenoxy) is 1. The van der Waals surface area contributed by atoms with Crippen molar-refractivity contribution < 1.29 is 18.4 Å². The summed E-state index contributed by atoms with van der Waals surface area (Å²) in [5.74, 6) is 0.143. The van der Waals surface area contributed by atoms with Crippen LogP contribution in [0.4, 0.5) is 0 Å². The molecule has 0 amide bonds. The molecule has 0 bridgehead atoms. The van der Waals surface area contributed by atoms with E-state index in [0.29, 0.717) is 11.3 Å². The quantitative estimate of drug-likeness (QED) is 0.353. The predicted octanol–water partition coefficient (Wildman–Crippen LogP) is 2.14. The van der Waals surface area contributed by atoms with E-state index in [-0.39, 0.29) is 18.2 Å². The highest BCUT2D eigenvalue weighted by Gasteiger charge is 2.28. The van der Waals surface area contributed by atoms with Crippen molar-refractivity contribution in [3.63, 3.8) is 0 Å². The molecule has 0 unspecified atom stereocenters. The first-order valence-corrected chi connectivity index (χ1v) is 8.65. The van der Waals surface area contributed by atoms with Crippen molar-refractivity contribution >= 4 is 31.6 Å². The van der Waals surface area contributed by atoms with Crippen molar-refractivity contribution in [1.29, 1.82) is 0 Å². The molecule has 0 heterocycles. The van der Waals surface area contributed by atoms with Crippen LogP contribution in [0.3, 0.4) is 0 Å². The Balaban J connectivity index is 2.87. The van der Waals surface area contributed by atoms with Gasteiger partial charge in [0, 0.05) is 4.47 Å². The summed E-state index contributed by atoms with van der Waals surface area (Å²) in [6.07, 6.45) is 0. The highest BCUT2D eigenvalue weighted by atomic mass is 79.9. The Bertz CT molecular complexity index is 636. The zero-order valence-electron chi connectivity index (χ0n) is 12.1.